The van der Waals surface area contributed by atoms with Gasteiger partial charge in [-0.25, -0.2) is 4.79 Å². The van der Waals surface area contributed by atoms with E-state index in [0.717, 1.165) is 19.3 Å². The number of ketones is 2. The quantitative estimate of drug-likeness (QED) is 0.0109. The summed E-state index contributed by atoms with van der Waals surface area (Å²) in [4.78, 5) is 233. The number of benzene rings is 6. The van der Waals surface area contributed by atoms with Crippen LogP contribution in [0.15, 0.2) is 152 Å². The van der Waals surface area contributed by atoms with Crippen molar-refractivity contribution in [3.8, 4) is 28.7 Å². The average Bonchev–Trinajstić information content (AvgIpc) is 1.56. The van der Waals surface area contributed by atoms with Crippen LogP contribution in [0.25, 0.3) is 10.9 Å². The van der Waals surface area contributed by atoms with E-state index in [9.17, 15) is 78.6 Å². The fourth-order valence-corrected chi connectivity index (χ4v) is 18.0. The molecule has 0 saturated heterocycles. The fourth-order valence-electron chi connectivity index (χ4n) is 18.0. The van der Waals surface area contributed by atoms with Crippen LogP contribution in [0.3, 0.4) is 0 Å². The minimum atomic E-state index is -2.06. The highest BCUT2D eigenvalue weighted by atomic mass is 16.6. The molecular formula is C104H129N13O24. The van der Waals surface area contributed by atoms with Crippen molar-refractivity contribution in [2.45, 2.75) is 280 Å². The summed E-state index contributed by atoms with van der Waals surface area (Å²) in [6, 6.07) is 20.6. The van der Waals surface area contributed by atoms with Crippen molar-refractivity contribution in [1.82, 2.24) is 63.5 Å². The van der Waals surface area contributed by atoms with Gasteiger partial charge < -0.3 is 109 Å². The zero-order valence-corrected chi connectivity index (χ0v) is 80.2. The van der Waals surface area contributed by atoms with Crippen molar-refractivity contribution in [2.24, 2.45) is 23.5 Å². The predicted octanol–water partition coefficient (Wildman–Crippen LogP) is 7.09. The van der Waals surface area contributed by atoms with E-state index in [2.05, 4.69) is 63.5 Å². The number of fused-ring (bicyclic) bond motifs is 7. The van der Waals surface area contributed by atoms with Crippen molar-refractivity contribution in [3.63, 3.8) is 0 Å². The Morgan fingerprint density at radius 1 is 0.560 bits per heavy atom. The molecule has 754 valence electrons. The largest absolute Gasteiger partial charge is 0.508 e. The average molecular weight is 1950 g/mol. The third kappa shape index (κ3) is 28.5. The van der Waals surface area contributed by atoms with E-state index in [-0.39, 0.29) is 142 Å². The van der Waals surface area contributed by atoms with Crippen LogP contribution in [0.2, 0.25) is 0 Å². The zero-order chi connectivity index (χ0) is 102. The number of amides is 12. The molecule has 1 spiro atoms. The number of nitrogens with one attached hydrogen (secondary N) is 12. The smallest absolute Gasteiger partial charge is 0.340 e. The van der Waals surface area contributed by atoms with Gasteiger partial charge in [-0.2, -0.15) is 0 Å². The van der Waals surface area contributed by atoms with Gasteiger partial charge in [0.2, 0.25) is 70.9 Å². The molecule has 13 atom stereocenters. The van der Waals surface area contributed by atoms with Crippen molar-refractivity contribution in [2.75, 3.05) is 6.61 Å². The number of esters is 1. The van der Waals surface area contributed by atoms with Gasteiger partial charge in [-0.3, -0.25) is 71.9 Å². The van der Waals surface area contributed by atoms with E-state index in [1.807, 2.05) is 24.3 Å². The molecule has 37 nitrogen and oxygen atoms in total. The first-order chi connectivity index (χ1) is 67.1. The number of carbonyl (C=O) groups excluding carboxylic acids is 15. The van der Waals surface area contributed by atoms with Gasteiger partial charge in [-0.15, -0.1) is 0 Å². The van der Waals surface area contributed by atoms with E-state index in [1.54, 1.807) is 80.7 Å². The molecule has 20 N–H and O–H groups in total. The summed E-state index contributed by atoms with van der Waals surface area (Å²) in [5.74, 6) is -15.2. The number of primary amides is 1. The van der Waals surface area contributed by atoms with Gasteiger partial charge in [0.15, 0.2) is 17.2 Å². The normalized spacial score (nSPS) is 21.1. The fraction of sp³-hybridized carbons (Fsp3) is 0.462. The third-order valence-corrected chi connectivity index (χ3v) is 26.4. The number of phenolic OH excluding ortho intramolecular Hbond substituents is 3. The van der Waals surface area contributed by atoms with Crippen LogP contribution in [0, 0.1) is 17.8 Å². The molecule has 1 fully saturated rings. The number of allylic oxidation sites excluding steroid dienone is 2. The summed E-state index contributed by atoms with van der Waals surface area (Å²) in [7, 11) is 0. The van der Waals surface area contributed by atoms with Crippen molar-refractivity contribution >= 4 is 105 Å². The Morgan fingerprint density at radius 2 is 1.19 bits per heavy atom. The number of rotatable bonds is 34. The number of aromatic amines is 1. The molecule has 2 unspecified atom stereocenters. The zero-order valence-electron chi connectivity index (χ0n) is 80.2. The van der Waals surface area contributed by atoms with Crippen molar-refractivity contribution in [1.29, 1.82) is 0 Å². The number of aliphatic hydroxyl groups is 2. The highest BCUT2D eigenvalue weighted by Gasteiger charge is 2.54. The number of para-hydroxylation sites is 1. The monoisotopic (exact) mass is 1940 g/mol. The molecular weight excluding hydrogens is 1820 g/mol. The van der Waals surface area contributed by atoms with Gasteiger partial charge in [0.1, 0.15) is 88.2 Å². The maximum absolute atomic E-state index is 15.7. The number of aromatic hydroxyl groups is 3. The first kappa shape index (κ1) is 107. The Balaban J connectivity index is 0.838. The van der Waals surface area contributed by atoms with Gasteiger partial charge in [-0.1, -0.05) is 137 Å². The lowest BCUT2D eigenvalue weighted by atomic mass is 9.77. The predicted molar refractivity (Wildman–Crippen MR) is 517 cm³/mol. The summed E-state index contributed by atoms with van der Waals surface area (Å²) in [6.07, 6.45) is 6.14. The number of aliphatic hydroxyl groups excluding tert-OH is 2. The Bertz CT molecular complexity index is 5730. The number of nitrogens with two attached hydrogens (primary N) is 1. The van der Waals surface area contributed by atoms with Crippen LogP contribution >= 0.6 is 0 Å². The molecule has 1 saturated carbocycles. The summed E-state index contributed by atoms with van der Waals surface area (Å²) in [6.45, 7) is 9.31. The Hall–Kier alpha value is -14.4. The molecule has 1 aliphatic carbocycles. The molecule has 6 aromatic carbocycles. The van der Waals surface area contributed by atoms with E-state index >= 15 is 28.8 Å². The number of hydrogen-bond acceptors (Lipinski definition) is 23. The Kier molecular flexibility index (Phi) is 37.2. The first-order valence-corrected chi connectivity index (χ1v) is 48.1. The number of phenols is 3. The third-order valence-electron chi connectivity index (χ3n) is 26.4. The number of ether oxygens (including phenoxy) is 2. The second-order valence-electron chi connectivity index (χ2n) is 38.1. The molecule has 3 aliphatic heterocycles. The maximum Gasteiger partial charge on any atom is 0.340 e. The number of aliphatic carboxylic acids is 1. The van der Waals surface area contributed by atoms with Crippen LogP contribution in [-0.2, 0) is 96.7 Å². The van der Waals surface area contributed by atoms with Crippen LogP contribution in [0.4, 0.5) is 0 Å². The molecule has 0 bridgehead atoms. The number of carbonyl (C=O) groups is 16. The van der Waals surface area contributed by atoms with Crippen molar-refractivity contribution in [3.05, 3.63) is 196 Å². The van der Waals surface area contributed by atoms with E-state index in [1.165, 1.54) is 95.3 Å². The second-order valence-corrected chi connectivity index (χ2v) is 38.1. The number of H-pyrrole nitrogens is 1. The number of carboxylic acid groups (broad SMARTS) is 1. The SMILES string of the molecule is CC(C)C[C@H](NC(=O)CCCC(=O)c1ccc2c(c1)C(=O)OC21c2ccc(O)cc2Oc2cc(O)ccc21)C(=O)N[C@H](C(=O)N[C@@H](Cc1ccccc1)C(=O)N[C@]1(C)CCCCCC/C=C/CCC[C@@](C)(C(=O)NC(CO)C(=O)N[C@@H](C)C(=O)NC(C)C(N)=O)NC(=O)[C@H](CC2CCC2)CCC(=O)[C@H](Cc2c[nH]c3ccccc23)NC(=O)[C@H](Cc2ccc(O)cc2)NC(=O)[C@H](CCC(=O)O)NC1=O)[C@@H](C)O. The molecule has 7 aromatic rings. The van der Waals surface area contributed by atoms with Gasteiger partial charge in [0.25, 0.3) is 0 Å². The highest BCUT2D eigenvalue weighted by Crippen LogP contribution is 2.57. The Labute approximate surface area is 816 Å². The number of Topliss-reactive ketones (excluding diaryl/α,β-unsaturated/α-hetero) is 2. The molecule has 1 aromatic heterocycles. The summed E-state index contributed by atoms with van der Waals surface area (Å²) >= 11 is 0. The first-order valence-electron chi connectivity index (χ1n) is 48.1. The standard InChI is InChI=1S/C104H129N13O24/c1-58(2)48-79(109-87(125)31-23-30-83(123)65-34-40-73-72(52-65)99(137)141-104(73)74-41-38-69(121)54-85(74)140-86-55-70(122)39-42-75(86)104)95(133)115-89(61(5)119)98(136)112-81(50-63-24-16-15-17-25-63)97(135)117-103(7)47-21-14-12-10-8-9-11-13-20-46-102(6,101(139)114-82(57-118)96(134)108-60(4)91(129)107-59(3)90(105)128)116-92(130)66(49-62-26-22-27-62)35-44-84(124)78(53-67-56-106-76-29-19-18-28-71(67)76)110-94(132)80(51-64-32-36-68(120)37-33-64)111-93(131)77(113-100(103)138)43-45-88(126)127/h9,11,15-19,24-25,28-29,32-34,36-42,52,54-56,58-62,66,77-82,89,106,118-122H,8,10,12-14,20-23,26-27,30-31,35,43-51,53,57H2,1-7H3,(H2,105,128)(H,107,129)(H,108,134)(H,109,125)(H,110,132)(H,111,131)(H,112,136)(H,113,138)(H,114,139)(H,115,133)(H,116,130)(H,117,135)(H,126,127)/b11-9+/t59?,60-,61+,66-,77-,78-,79-,80-,81-,82?,89-,102-,103+/m0/s1. The lowest BCUT2D eigenvalue weighted by molar-refractivity contribution is -0.140. The van der Waals surface area contributed by atoms with Gasteiger partial charge >= 0.3 is 11.9 Å². The van der Waals surface area contributed by atoms with E-state index < -0.39 is 197 Å². The number of aromatic nitrogens is 1. The maximum atomic E-state index is 15.7. The van der Waals surface area contributed by atoms with Crippen LogP contribution in [-0.4, -0.2) is 208 Å². The van der Waals surface area contributed by atoms with Crippen LogP contribution < -0.4 is 69.0 Å². The lowest BCUT2D eigenvalue weighted by Gasteiger charge is -2.36. The summed E-state index contributed by atoms with van der Waals surface area (Å²) in [5, 5.41) is 93.7. The molecule has 12 amide bonds. The number of hydrogen-bond donors (Lipinski definition) is 19. The summed E-state index contributed by atoms with van der Waals surface area (Å²) < 4.78 is 12.2. The minimum Gasteiger partial charge on any atom is -0.508 e. The molecule has 11 rings (SSSR count). The molecule has 0 radical (unpaired) electrons. The number of carboxylic acids is 1. The molecule has 37 heteroatoms. The second kappa shape index (κ2) is 49.0. The molecule has 4 heterocycles. The van der Waals surface area contributed by atoms with Gasteiger partial charge in [0.05, 0.1) is 24.3 Å². The van der Waals surface area contributed by atoms with Crippen molar-refractivity contribution < 1.29 is 117 Å². The van der Waals surface area contributed by atoms with Gasteiger partial charge in [-0.05, 0) is 182 Å². The molecule has 4 aliphatic rings. The van der Waals surface area contributed by atoms with Crippen LogP contribution in [0.5, 0.6) is 28.7 Å². The molecule has 141 heavy (non-hydrogen) atoms. The van der Waals surface area contributed by atoms with Gasteiger partial charge in [0, 0.05) is 102 Å². The van der Waals surface area contributed by atoms with E-state index in [4.69, 9.17) is 15.2 Å². The minimum absolute atomic E-state index is 0.00790. The lowest BCUT2D eigenvalue weighted by Crippen LogP contribution is -2.65. The Morgan fingerprint density at radius 3 is 1.84 bits per heavy atom. The highest BCUT2D eigenvalue weighted by molar-refractivity contribution is 6.04. The summed E-state index contributed by atoms with van der Waals surface area (Å²) in [5.41, 5.74) is 3.31. The van der Waals surface area contributed by atoms with Crippen LogP contribution in [0.1, 0.15) is 237 Å². The topological polar surface area (TPSA) is 587 Å². The van der Waals surface area contributed by atoms with E-state index in [0.29, 0.717) is 76.4 Å².